The van der Waals surface area contributed by atoms with Crippen LogP contribution in [-0.4, -0.2) is 11.8 Å². The summed E-state index contributed by atoms with van der Waals surface area (Å²) in [6.45, 7) is 1.84. The van der Waals surface area contributed by atoms with Crippen molar-refractivity contribution in [1.82, 2.24) is 0 Å². The molecule has 0 fully saturated rings. The fraction of sp³-hybridized carbons (Fsp3) is 0.0476. The maximum atomic E-state index is 14.8. The zero-order chi connectivity index (χ0) is 18.5. The van der Waals surface area contributed by atoms with Gasteiger partial charge >= 0.3 is 0 Å². The quantitative estimate of drug-likeness (QED) is 0.722. The Morgan fingerprint density at radius 2 is 1.31 bits per heavy atom. The van der Waals surface area contributed by atoms with Crippen molar-refractivity contribution in [3.63, 3.8) is 0 Å². The lowest BCUT2D eigenvalue weighted by Crippen LogP contribution is -2.19. The van der Waals surface area contributed by atoms with Crippen LogP contribution in [0.3, 0.4) is 0 Å². The molecule has 0 saturated carbocycles. The van der Waals surface area contributed by atoms with E-state index in [9.17, 15) is 14.0 Å². The Morgan fingerprint density at radius 3 is 1.96 bits per heavy atom. The van der Waals surface area contributed by atoms with Crippen LogP contribution in [-0.2, 0) is 0 Å². The van der Waals surface area contributed by atoms with E-state index in [1.165, 1.54) is 18.2 Å². The summed E-state index contributed by atoms with van der Waals surface area (Å²) in [5, 5.41) is 5.29. The number of para-hydroxylation sites is 2. The number of nitrogens with one attached hydrogen (secondary N) is 2. The maximum Gasteiger partial charge on any atom is 0.258 e. The van der Waals surface area contributed by atoms with Gasteiger partial charge in [0.05, 0.1) is 11.1 Å². The van der Waals surface area contributed by atoms with Gasteiger partial charge in [-0.3, -0.25) is 9.59 Å². The number of amides is 2. The third-order valence-corrected chi connectivity index (χ3v) is 3.91. The Bertz CT molecular complexity index is 955. The Labute approximate surface area is 150 Å². The number of anilines is 2. The lowest BCUT2D eigenvalue weighted by atomic mass is 10.1. The first-order chi connectivity index (χ1) is 12.6. The standard InChI is InChI=1S/C21H17FN2O2/c1-14-8-5-6-13-18(14)24-21(26)17-12-7-11-16(19(17)22)20(25)23-15-9-3-2-4-10-15/h2-13H,1H3,(H,23,25)(H,24,26). The minimum atomic E-state index is -0.855. The number of benzene rings is 3. The molecule has 0 unspecified atom stereocenters. The van der Waals surface area contributed by atoms with E-state index in [1.54, 1.807) is 36.4 Å². The second-order valence-corrected chi connectivity index (χ2v) is 5.76. The predicted octanol–water partition coefficient (Wildman–Crippen LogP) is 4.64. The van der Waals surface area contributed by atoms with Crippen molar-refractivity contribution in [3.05, 3.63) is 95.3 Å². The highest BCUT2D eigenvalue weighted by Gasteiger charge is 2.19. The van der Waals surface area contributed by atoms with E-state index < -0.39 is 17.6 Å². The molecule has 0 aliphatic heterocycles. The number of aryl methyl sites for hydroxylation is 1. The van der Waals surface area contributed by atoms with Gasteiger partial charge in [-0.1, -0.05) is 42.5 Å². The summed E-state index contributed by atoms with van der Waals surface area (Å²) in [5.74, 6) is -2.07. The van der Waals surface area contributed by atoms with E-state index in [1.807, 2.05) is 25.1 Å². The highest BCUT2D eigenvalue weighted by atomic mass is 19.1. The Balaban J connectivity index is 1.84. The van der Waals surface area contributed by atoms with Gasteiger partial charge in [-0.05, 0) is 42.8 Å². The van der Waals surface area contributed by atoms with Crippen molar-refractivity contribution in [2.45, 2.75) is 6.92 Å². The molecule has 0 spiro atoms. The lowest BCUT2D eigenvalue weighted by molar-refractivity contribution is 0.102. The molecule has 0 saturated heterocycles. The smallest absolute Gasteiger partial charge is 0.258 e. The fourth-order valence-corrected chi connectivity index (χ4v) is 2.51. The number of rotatable bonds is 4. The molecule has 3 aromatic rings. The summed E-state index contributed by atoms with van der Waals surface area (Å²) in [4.78, 5) is 24.8. The summed E-state index contributed by atoms with van der Waals surface area (Å²) in [5.41, 5.74) is 1.63. The molecule has 3 aromatic carbocycles. The van der Waals surface area contributed by atoms with Gasteiger partial charge < -0.3 is 10.6 Å². The Hall–Kier alpha value is -3.47. The average molecular weight is 348 g/mol. The van der Waals surface area contributed by atoms with E-state index in [2.05, 4.69) is 10.6 Å². The number of halogens is 1. The first-order valence-corrected chi connectivity index (χ1v) is 8.08. The molecule has 4 nitrogen and oxygen atoms in total. The molecule has 0 aliphatic carbocycles. The van der Waals surface area contributed by atoms with Crippen LogP contribution in [0.25, 0.3) is 0 Å². The number of hydrogen-bond acceptors (Lipinski definition) is 2. The second-order valence-electron chi connectivity index (χ2n) is 5.76. The summed E-state index contributed by atoms with van der Waals surface area (Å²) >= 11 is 0. The van der Waals surface area contributed by atoms with Crippen LogP contribution in [0, 0.1) is 12.7 Å². The van der Waals surface area contributed by atoms with Crippen LogP contribution < -0.4 is 10.6 Å². The van der Waals surface area contributed by atoms with Crippen molar-refractivity contribution in [2.24, 2.45) is 0 Å². The van der Waals surface area contributed by atoms with Gasteiger partial charge in [0, 0.05) is 11.4 Å². The zero-order valence-corrected chi connectivity index (χ0v) is 14.1. The summed E-state index contributed by atoms with van der Waals surface area (Å²) in [7, 11) is 0. The SMILES string of the molecule is Cc1ccccc1NC(=O)c1cccc(C(=O)Nc2ccccc2)c1F. The number of carbonyl (C=O) groups excluding carboxylic acids is 2. The minimum absolute atomic E-state index is 0.186. The average Bonchev–Trinajstić information content (AvgIpc) is 2.64. The molecule has 2 amide bonds. The lowest BCUT2D eigenvalue weighted by Gasteiger charge is -2.11. The highest BCUT2D eigenvalue weighted by Crippen LogP contribution is 2.19. The van der Waals surface area contributed by atoms with Gasteiger partial charge in [-0.15, -0.1) is 0 Å². The van der Waals surface area contributed by atoms with Crippen LogP contribution in [0.2, 0.25) is 0 Å². The molecule has 3 rings (SSSR count). The fourth-order valence-electron chi connectivity index (χ4n) is 2.51. The minimum Gasteiger partial charge on any atom is -0.322 e. The van der Waals surface area contributed by atoms with E-state index in [4.69, 9.17) is 0 Å². The van der Waals surface area contributed by atoms with Crippen molar-refractivity contribution in [3.8, 4) is 0 Å². The van der Waals surface area contributed by atoms with Crippen LogP contribution >= 0.6 is 0 Å². The summed E-state index contributed by atoms with van der Waals surface area (Å²) < 4.78 is 14.8. The van der Waals surface area contributed by atoms with E-state index in [0.29, 0.717) is 11.4 Å². The first-order valence-electron chi connectivity index (χ1n) is 8.08. The van der Waals surface area contributed by atoms with Gasteiger partial charge in [-0.2, -0.15) is 0 Å². The van der Waals surface area contributed by atoms with Gasteiger partial charge in [0.1, 0.15) is 5.82 Å². The van der Waals surface area contributed by atoms with Crippen molar-refractivity contribution in [2.75, 3.05) is 10.6 Å². The Morgan fingerprint density at radius 1 is 0.731 bits per heavy atom. The van der Waals surface area contributed by atoms with Gasteiger partial charge in [0.25, 0.3) is 11.8 Å². The molecule has 5 heteroatoms. The molecule has 0 radical (unpaired) electrons. The molecule has 130 valence electrons. The maximum absolute atomic E-state index is 14.8. The van der Waals surface area contributed by atoms with Crippen LogP contribution in [0.15, 0.2) is 72.8 Å². The predicted molar refractivity (Wildman–Crippen MR) is 99.9 cm³/mol. The molecular weight excluding hydrogens is 331 g/mol. The first kappa shape index (κ1) is 17.4. The third-order valence-electron chi connectivity index (χ3n) is 3.91. The van der Waals surface area contributed by atoms with Crippen LogP contribution in [0.5, 0.6) is 0 Å². The van der Waals surface area contributed by atoms with E-state index in [0.717, 1.165) is 5.56 Å². The summed E-state index contributed by atoms with van der Waals surface area (Å²) in [6, 6.07) is 20.1. The molecule has 0 aliphatic rings. The summed E-state index contributed by atoms with van der Waals surface area (Å²) in [6.07, 6.45) is 0. The van der Waals surface area contributed by atoms with Crippen LogP contribution in [0.1, 0.15) is 26.3 Å². The molecule has 2 N–H and O–H groups in total. The van der Waals surface area contributed by atoms with Gasteiger partial charge in [0.2, 0.25) is 0 Å². The normalized spacial score (nSPS) is 10.2. The largest absolute Gasteiger partial charge is 0.322 e. The van der Waals surface area contributed by atoms with E-state index >= 15 is 0 Å². The van der Waals surface area contributed by atoms with Crippen LogP contribution in [0.4, 0.5) is 15.8 Å². The van der Waals surface area contributed by atoms with Crippen molar-refractivity contribution >= 4 is 23.2 Å². The third kappa shape index (κ3) is 3.78. The molecule has 0 atom stereocenters. The topological polar surface area (TPSA) is 58.2 Å². The zero-order valence-electron chi connectivity index (χ0n) is 14.1. The van der Waals surface area contributed by atoms with Crippen molar-refractivity contribution < 1.29 is 14.0 Å². The monoisotopic (exact) mass is 348 g/mol. The van der Waals surface area contributed by atoms with Gasteiger partial charge in [-0.25, -0.2) is 4.39 Å². The molecular formula is C21H17FN2O2. The number of hydrogen-bond donors (Lipinski definition) is 2. The highest BCUT2D eigenvalue weighted by molar-refractivity contribution is 6.09. The number of carbonyl (C=O) groups is 2. The van der Waals surface area contributed by atoms with Crippen molar-refractivity contribution in [1.29, 1.82) is 0 Å². The molecule has 26 heavy (non-hydrogen) atoms. The van der Waals surface area contributed by atoms with E-state index in [-0.39, 0.29) is 11.1 Å². The second kappa shape index (κ2) is 7.61. The molecule has 0 heterocycles. The van der Waals surface area contributed by atoms with Gasteiger partial charge in [0.15, 0.2) is 0 Å². The molecule has 0 bridgehead atoms. The molecule has 0 aromatic heterocycles. The Kier molecular flexibility index (Phi) is 5.08.